The largest absolute Gasteiger partial charge is 0.460 e. The van der Waals surface area contributed by atoms with E-state index in [-0.39, 0.29) is 11.9 Å². The minimum absolute atomic E-state index is 0.186. The molecule has 0 aromatic heterocycles. The van der Waals surface area contributed by atoms with Crippen molar-refractivity contribution in [3.63, 3.8) is 0 Å². The van der Waals surface area contributed by atoms with Crippen molar-refractivity contribution in [2.75, 3.05) is 0 Å². The van der Waals surface area contributed by atoms with E-state index < -0.39 is 0 Å². The molecular weight excluding hydrogens is 320 g/mol. The molecule has 134 valence electrons. The van der Waals surface area contributed by atoms with Crippen LogP contribution in [-0.4, -0.2) is 5.97 Å². The minimum Gasteiger partial charge on any atom is -0.460 e. The second kappa shape index (κ2) is 8.18. The molecular formula is C24H26O2. The Bertz CT molecular complexity index is 873. The van der Waals surface area contributed by atoms with E-state index in [0.29, 0.717) is 12.5 Å². The summed E-state index contributed by atoms with van der Waals surface area (Å²) >= 11 is 0. The highest BCUT2D eigenvalue weighted by Crippen LogP contribution is 2.22. The van der Waals surface area contributed by atoms with E-state index >= 15 is 0 Å². The summed E-state index contributed by atoms with van der Waals surface area (Å²) in [5.41, 5.74) is 3.34. The molecule has 0 aliphatic carbocycles. The zero-order valence-corrected chi connectivity index (χ0v) is 15.7. The van der Waals surface area contributed by atoms with Crippen LogP contribution in [0.25, 0.3) is 10.8 Å². The van der Waals surface area contributed by atoms with Gasteiger partial charge in [0.2, 0.25) is 0 Å². The summed E-state index contributed by atoms with van der Waals surface area (Å²) in [5.74, 6) is 0.177. The normalized spacial score (nSPS) is 12.3. The van der Waals surface area contributed by atoms with Crippen LogP contribution in [0, 0.1) is 5.92 Å². The highest BCUT2D eigenvalue weighted by Gasteiger charge is 2.17. The molecule has 0 fully saturated rings. The number of hydrogen-bond acceptors (Lipinski definition) is 2. The van der Waals surface area contributed by atoms with Gasteiger partial charge in [0.05, 0.1) is 5.92 Å². The van der Waals surface area contributed by atoms with Crippen LogP contribution in [0.4, 0.5) is 0 Å². The molecule has 0 N–H and O–H groups in total. The first-order valence-electron chi connectivity index (χ1n) is 9.26. The third-order valence-electron chi connectivity index (χ3n) is 4.73. The van der Waals surface area contributed by atoms with Crippen LogP contribution in [0.3, 0.4) is 0 Å². The van der Waals surface area contributed by atoms with Gasteiger partial charge in [-0.1, -0.05) is 80.6 Å². The summed E-state index contributed by atoms with van der Waals surface area (Å²) in [7, 11) is 0. The Hall–Kier alpha value is -2.61. The summed E-state index contributed by atoms with van der Waals surface area (Å²) in [6.07, 6.45) is 1.06. The quantitative estimate of drug-likeness (QED) is 0.521. The van der Waals surface area contributed by atoms with Gasteiger partial charge in [-0.05, 0) is 46.7 Å². The molecule has 0 aliphatic rings. The molecule has 0 heterocycles. The van der Waals surface area contributed by atoms with Crippen LogP contribution in [0.5, 0.6) is 0 Å². The van der Waals surface area contributed by atoms with Crippen LogP contribution >= 0.6 is 0 Å². The molecule has 26 heavy (non-hydrogen) atoms. The van der Waals surface area contributed by atoms with E-state index in [0.717, 1.165) is 28.3 Å². The van der Waals surface area contributed by atoms with Gasteiger partial charge in [-0.25, -0.2) is 0 Å². The van der Waals surface area contributed by atoms with Gasteiger partial charge in [-0.2, -0.15) is 0 Å². The summed E-state index contributed by atoms with van der Waals surface area (Å²) in [6.45, 7) is 6.63. The van der Waals surface area contributed by atoms with Crippen molar-refractivity contribution in [1.29, 1.82) is 0 Å². The molecule has 0 saturated heterocycles. The summed E-state index contributed by atoms with van der Waals surface area (Å²) in [6, 6.07) is 22.6. The lowest BCUT2D eigenvalue weighted by molar-refractivity contribution is -0.146. The standard InChI is InChI=1S/C24H26O2/c1-17(2)15-19-11-13-20(14-12-19)18(3)24(25)26-16-22-9-6-8-21-7-4-5-10-23(21)22/h4-14,17-18H,15-16H2,1-3H3/t18-/m0/s1. The molecule has 0 spiro atoms. The van der Waals surface area contributed by atoms with Gasteiger partial charge in [0, 0.05) is 0 Å². The Morgan fingerprint density at radius 3 is 2.31 bits per heavy atom. The zero-order chi connectivity index (χ0) is 18.5. The van der Waals surface area contributed by atoms with Gasteiger partial charge in [0.25, 0.3) is 0 Å². The van der Waals surface area contributed by atoms with E-state index in [1.807, 2.05) is 43.3 Å². The maximum absolute atomic E-state index is 12.5. The Morgan fingerprint density at radius 2 is 1.58 bits per heavy atom. The summed E-state index contributed by atoms with van der Waals surface area (Å²) < 4.78 is 5.61. The molecule has 3 rings (SSSR count). The van der Waals surface area contributed by atoms with Crippen molar-refractivity contribution in [2.24, 2.45) is 5.92 Å². The molecule has 2 nitrogen and oxygen atoms in total. The highest BCUT2D eigenvalue weighted by molar-refractivity contribution is 5.86. The molecule has 0 saturated carbocycles. The fraction of sp³-hybridized carbons (Fsp3) is 0.292. The Kier molecular flexibility index (Phi) is 5.72. The van der Waals surface area contributed by atoms with Gasteiger partial charge < -0.3 is 4.74 Å². The molecule has 0 unspecified atom stereocenters. The smallest absolute Gasteiger partial charge is 0.313 e. The lowest BCUT2D eigenvalue weighted by Gasteiger charge is -2.14. The van der Waals surface area contributed by atoms with E-state index in [1.165, 1.54) is 5.56 Å². The SMILES string of the molecule is CC(C)Cc1ccc([C@H](C)C(=O)OCc2cccc3ccccc23)cc1. The number of rotatable bonds is 6. The minimum atomic E-state index is -0.266. The average molecular weight is 346 g/mol. The van der Waals surface area contributed by atoms with Crippen molar-refractivity contribution >= 4 is 16.7 Å². The fourth-order valence-corrected chi connectivity index (χ4v) is 3.24. The van der Waals surface area contributed by atoms with Gasteiger partial charge in [0.1, 0.15) is 6.61 Å². The molecule has 0 aliphatic heterocycles. The molecule has 3 aromatic rings. The van der Waals surface area contributed by atoms with Crippen LogP contribution in [0.2, 0.25) is 0 Å². The third kappa shape index (κ3) is 4.32. The number of benzene rings is 3. The number of carbonyl (C=O) groups is 1. The fourth-order valence-electron chi connectivity index (χ4n) is 3.24. The molecule has 3 aromatic carbocycles. The second-order valence-electron chi connectivity index (χ2n) is 7.31. The number of ether oxygens (including phenoxy) is 1. The van der Waals surface area contributed by atoms with Crippen molar-refractivity contribution in [2.45, 2.75) is 39.7 Å². The van der Waals surface area contributed by atoms with Gasteiger partial charge in [-0.3, -0.25) is 4.79 Å². The van der Waals surface area contributed by atoms with E-state index in [4.69, 9.17) is 4.74 Å². The van der Waals surface area contributed by atoms with Crippen LogP contribution in [0.15, 0.2) is 66.7 Å². The maximum Gasteiger partial charge on any atom is 0.313 e. The molecule has 0 bridgehead atoms. The lowest BCUT2D eigenvalue weighted by Crippen LogP contribution is -2.13. The summed E-state index contributed by atoms with van der Waals surface area (Å²) in [5, 5.41) is 2.29. The monoisotopic (exact) mass is 346 g/mol. The maximum atomic E-state index is 12.5. The Morgan fingerprint density at radius 1 is 0.885 bits per heavy atom. The van der Waals surface area contributed by atoms with Crippen LogP contribution < -0.4 is 0 Å². The van der Waals surface area contributed by atoms with E-state index in [1.54, 1.807) is 0 Å². The highest BCUT2D eigenvalue weighted by atomic mass is 16.5. The number of carbonyl (C=O) groups excluding carboxylic acids is 1. The van der Waals surface area contributed by atoms with Gasteiger partial charge in [-0.15, -0.1) is 0 Å². The van der Waals surface area contributed by atoms with Crippen molar-refractivity contribution in [3.05, 3.63) is 83.4 Å². The van der Waals surface area contributed by atoms with Gasteiger partial charge >= 0.3 is 5.97 Å². The predicted molar refractivity (Wildman–Crippen MR) is 107 cm³/mol. The first-order chi connectivity index (χ1) is 12.5. The molecule has 2 heteroatoms. The number of hydrogen-bond donors (Lipinski definition) is 0. The topological polar surface area (TPSA) is 26.3 Å². The van der Waals surface area contributed by atoms with Crippen molar-refractivity contribution < 1.29 is 9.53 Å². The molecule has 0 amide bonds. The molecule has 1 atom stereocenters. The van der Waals surface area contributed by atoms with Crippen molar-refractivity contribution in [1.82, 2.24) is 0 Å². The summed E-state index contributed by atoms with van der Waals surface area (Å²) in [4.78, 5) is 12.5. The van der Waals surface area contributed by atoms with Gasteiger partial charge in [0.15, 0.2) is 0 Å². The molecule has 0 radical (unpaired) electrons. The first-order valence-corrected chi connectivity index (χ1v) is 9.26. The zero-order valence-electron chi connectivity index (χ0n) is 15.7. The first kappa shape index (κ1) is 18.2. The van der Waals surface area contributed by atoms with E-state index in [2.05, 4.69) is 44.2 Å². The van der Waals surface area contributed by atoms with Crippen LogP contribution in [-0.2, 0) is 22.6 Å². The van der Waals surface area contributed by atoms with Crippen LogP contribution in [0.1, 0.15) is 43.4 Å². The Labute approximate surface area is 155 Å². The second-order valence-corrected chi connectivity index (χ2v) is 7.31. The average Bonchev–Trinajstić information content (AvgIpc) is 2.65. The lowest BCUT2D eigenvalue weighted by atomic mass is 9.97. The van der Waals surface area contributed by atoms with Crippen molar-refractivity contribution in [3.8, 4) is 0 Å². The number of esters is 1. The van der Waals surface area contributed by atoms with E-state index in [9.17, 15) is 4.79 Å². The predicted octanol–water partition coefficient (Wildman–Crippen LogP) is 5.89. The number of fused-ring (bicyclic) bond motifs is 1. The Balaban J connectivity index is 1.65. The third-order valence-corrected chi connectivity index (χ3v) is 4.73.